The van der Waals surface area contributed by atoms with Crippen LogP contribution in [0, 0.1) is 0 Å². The zero-order valence-electron chi connectivity index (χ0n) is 9.47. The number of rotatable bonds is 5. The zero-order valence-corrected chi connectivity index (χ0v) is 10.3. The van der Waals surface area contributed by atoms with E-state index in [1.807, 2.05) is 0 Å². The van der Waals surface area contributed by atoms with Gasteiger partial charge < -0.3 is 4.74 Å². The Morgan fingerprint density at radius 1 is 1.50 bits per heavy atom. The Hall–Kier alpha value is -1.18. The van der Waals surface area contributed by atoms with Gasteiger partial charge in [0.1, 0.15) is 0 Å². The second kappa shape index (κ2) is 5.24. The summed E-state index contributed by atoms with van der Waals surface area (Å²) >= 11 is 0. The number of aromatic nitrogens is 1. The normalized spacial score (nSPS) is 11.8. The largest absolute Gasteiger partial charge is 0.481 e. The van der Waals surface area contributed by atoms with Crippen molar-refractivity contribution in [2.45, 2.75) is 6.54 Å². The molecule has 0 saturated carbocycles. The van der Waals surface area contributed by atoms with E-state index in [0.29, 0.717) is 5.88 Å². The fraction of sp³-hybridized carbons (Fsp3) is 0.444. The second-order valence-corrected chi connectivity index (χ2v) is 5.28. The molecule has 0 radical (unpaired) electrons. The Labute approximate surface area is 95.4 Å². The first-order chi connectivity index (χ1) is 7.45. The lowest BCUT2D eigenvalue weighted by Gasteiger charge is -2.12. The molecule has 7 heteroatoms. The van der Waals surface area contributed by atoms with Gasteiger partial charge >= 0.3 is 0 Å². The molecule has 1 heterocycles. The van der Waals surface area contributed by atoms with E-state index in [1.54, 1.807) is 18.3 Å². The van der Waals surface area contributed by atoms with Crippen molar-refractivity contribution in [1.29, 1.82) is 0 Å². The van der Waals surface area contributed by atoms with E-state index in [4.69, 9.17) is 4.74 Å². The van der Waals surface area contributed by atoms with Gasteiger partial charge in [-0.15, -0.1) is 0 Å². The summed E-state index contributed by atoms with van der Waals surface area (Å²) in [5.74, 6) is 0.460. The molecule has 0 aromatic carbocycles. The SMILES string of the molecule is COc1cc(CNS(=O)(=O)N(C)C)ccn1. The van der Waals surface area contributed by atoms with Gasteiger partial charge in [-0.1, -0.05) is 0 Å². The monoisotopic (exact) mass is 245 g/mol. The average molecular weight is 245 g/mol. The summed E-state index contributed by atoms with van der Waals surface area (Å²) in [7, 11) is 1.05. The molecule has 90 valence electrons. The number of ether oxygens (including phenoxy) is 1. The van der Waals surface area contributed by atoms with Gasteiger partial charge in [-0.25, -0.2) is 4.98 Å². The van der Waals surface area contributed by atoms with Crippen molar-refractivity contribution in [3.8, 4) is 5.88 Å². The molecule has 0 unspecified atom stereocenters. The minimum atomic E-state index is -3.39. The Balaban J connectivity index is 2.68. The van der Waals surface area contributed by atoms with Crippen LogP contribution in [0.1, 0.15) is 5.56 Å². The molecular formula is C9H15N3O3S. The molecule has 0 saturated heterocycles. The molecule has 16 heavy (non-hydrogen) atoms. The van der Waals surface area contributed by atoms with E-state index in [-0.39, 0.29) is 6.54 Å². The van der Waals surface area contributed by atoms with E-state index in [1.165, 1.54) is 21.2 Å². The van der Waals surface area contributed by atoms with Crippen LogP contribution >= 0.6 is 0 Å². The van der Waals surface area contributed by atoms with E-state index >= 15 is 0 Å². The van der Waals surface area contributed by atoms with Crippen LogP contribution in [0.2, 0.25) is 0 Å². The molecule has 6 nitrogen and oxygen atoms in total. The average Bonchev–Trinajstić information content (AvgIpc) is 2.26. The third kappa shape index (κ3) is 3.44. The maximum Gasteiger partial charge on any atom is 0.279 e. The lowest BCUT2D eigenvalue weighted by atomic mass is 10.3. The zero-order chi connectivity index (χ0) is 12.2. The first kappa shape index (κ1) is 12.9. The molecular weight excluding hydrogens is 230 g/mol. The predicted octanol–water partition coefficient (Wildman–Crippen LogP) is -0.0138. The Morgan fingerprint density at radius 2 is 2.19 bits per heavy atom. The minimum Gasteiger partial charge on any atom is -0.481 e. The number of hydrogen-bond donors (Lipinski definition) is 1. The van der Waals surface area contributed by atoms with Gasteiger partial charge in [-0.3, -0.25) is 0 Å². The molecule has 0 atom stereocenters. The van der Waals surface area contributed by atoms with Gasteiger partial charge in [-0.2, -0.15) is 17.4 Å². The smallest absolute Gasteiger partial charge is 0.279 e. The summed E-state index contributed by atoms with van der Waals surface area (Å²) < 4.78 is 31.3. The van der Waals surface area contributed by atoms with Gasteiger partial charge in [0.25, 0.3) is 10.2 Å². The third-order valence-electron chi connectivity index (χ3n) is 1.95. The molecule has 0 aliphatic rings. The van der Waals surface area contributed by atoms with Crippen LogP contribution in [0.5, 0.6) is 5.88 Å². The quantitative estimate of drug-likeness (QED) is 0.791. The van der Waals surface area contributed by atoms with Crippen LogP contribution < -0.4 is 9.46 Å². The Bertz CT molecular complexity index is 445. The number of pyridine rings is 1. The fourth-order valence-electron chi connectivity index (χ4n) is 0.976. The number of methoxy groups -OCH3 is 1. The van der Waals surface area contributed by atoms with Gasteiger partial charge in [0.05, 0.1) is 7.11 Å². The van der Waals surface area contributed by atoms with Crippen molar-refractivity contribution in [2.24, 2.45) is 0 Å². The Morgan fingerprint density at radius 3 is 2.75 bits per heavy atom. The summed E-state index contributed by atoms with van der Waals surface area (Å²) in [6.45, 7) is 0.208. The maximum absolute atomic E-state index is 11.4. The number of nitrogens with one attached hydrogen (secondary N) is 1. The van der Waals surface area contributed by atoms with Crippen LogP contribution in [0.25, 0.3) is 0 Å². The van der Waals surface area contributed by atoms with Crippen LogP contribution in [0.4, 0.5) is 0 Å². The lowest BCUT2D eigenvalue weighted by molar-refractivity contribution is 0.397. The third-order valence-corrected chi connectivity index (χ3v) is 3.42. The Kier molecular flexibility index (Phi) is 4.22. The van der Waals surface area contributed by atoms with Crippen molar-refractivity contribution < 1.29 is 13.2 Å². The summed E-state index contributed by atoms with van der Waals surface area (Å²) in [5, 5.41) is 0. The van der Waals surface area contributed by atoms with Gasteiger partial charge in [0, 0.05) is 32.9 Å². The van der Waals surface area contributed by atoms with Crippen molar-refractivity contribution in [2.75, 3.05) is 21.2 Å². The maximum atomic E-state index is 11.4. The number of nitrogens with zero attached hydrogens (tertiary/aromatic N) is 2. The van der Waals surface area contributed by atoms with Crippen LogP contribution in [0.3, 0.4) is 0 Å². The summed E-state index contributed by atoms with van der Waals surface area (Å²) in [6.07, 6.45) is 1.57. The van der Waals surface area contributed by atoms with Crippen molar-refractivity contribution in [1.82, 2.24) is 14.0 Å². The molecule has 1 N–H and O–H groups in total. The highest BCUT2D eigenvalue weighted by atomic mass is 32.2. The highest BCUT2D eigenvalue weighted by Gasteiger charge is 2.12. The molecule has 1 aromatic heterocycles. The van der Waals surface area contributed by atoms with Crippen molar-refractivity contribution >= 4 is 10.2 Å². The minimum absolute atomic E-state index is 0.208. The molecule has 0 bridgehead atoms. The standard InChI is InChI=1S/C9H15N3O3S/c1-12(2)16(13,14)11-7-8-4-5-10-9(6-8)15-3/h4-6,11H,7H2,1-3H3. The molecule has 1 aromatic rings. The summed E-state index contributed by atoms with van der Waals surface area (Å²) in [6, 6.07) is 3.40. The van der Waals surface area contributed by atoms with E-state index < -0.39 is 10.2 Å². The fourth-order valence-corrected chi connectivity index (χ4v) is 1.58. The summed E-state index contributed by atoms with van der Waals surface area (Å²) in [4.78, 5) is 3.93. The molecule has 0 spiro atoms. The van der Waals surface area contributed by atoms with Gasteiger partial charge in [0.2, 0.25) is 5.88 Å². The van der Waals surface area contributed by atoms with Crippen molar-refractivity contribution in [3.63, 3.8) is 0 Å². The molecule has 0 fully saturated rings. The summed E-state index contributed by atoms with van der Waals surface area (Å²) in [5.41, 5.74) is 0.789. The topological polar surface area (TPSA) is 71.5 Å². The van der Waals surface area contributed by atoms with Gasteiger partial charge in [0.15, 0.2) is 0 Å². The lowest BCUT2D eigenvalue weighted by Crippen LogP contribution is -2.35. The van der Waals surface area contributed by atoms with Crippen LogP contribution in [-0.4, -0.2) is 38.9 Å². The first-order valence-corrected chi connectivity index (χ1v) is 6.06. The molecule has 1 rings (SSSR count). The molecule has 0 aliphatic carbocycles. The first-order valence-electron chi connectivity index (χ1n) is 4.62. The highest BCUT2D eigenvalue weighted by molar-refractivity contribution is 7.87. The molecule has 0 amide bonds. The second-order valence-electron chi connectivity index (χ2n) is 3.31. The van der Waals surface area contributed by atoms with E-state index in [9.17, 15) is 8.42 Å². The van der Waals surface area contributed by atoms with E-state index in [2.05, 4.69) is 9.71 Å². The van der Waals surface area contributed by atoms with E-state index in [0.717, 1.165) is 9.87 Å². The van der Waals surface area contributed by atoms with Crippen LogP contribution in [-0.2, 0) is 16.8 Å². The van der Waals surface area contributed by atoms with Gasteiger partial charge in [-0.05, 0) is 11.6 Å². The predicted molar refractivity (Wildman–Crippen MR) is 60.2 cm³/mol. The highest BCUT2D eigenvalue weighted by Crippen LogP contribution is 2.08. The number of hydrogen-bond acceptors (Lipinski definition) is 4. The van der Waals surface area contributed by atoms with Crippen molar-refractivity contribution in [3.05, 3.63) is 23.9 Å². The van der Waals surface area contributed by atoms with Crippen LogP contribution in [0.15, 0.2) is 18.3 Å². The molecule has 0 aliphatic heterocycles.